The van der Waals surface area contributed by atoms with Crippen LogP contribution in [0.15, 0.2) is 0 Å². The van der Waals surface area contributed by atoms with Gasteiger partial charge < -0.3 is 10.4 Å². The number of hydrogen-bond acceptors (Lipinski definition) is 3. The Morgan fingerprint density at radius 2 is 1.69 bits per heavy atom. The molecule has 0 radical (unpaired) electrons. The van der Waals surface area contributed by atoms with Gasteiger partial charge in [0.2, 0.25) is 0 Å². The van der Waals surface area contributed by atoms with Gasteiger partial charge in [0, 0.05) is 6.04 Å². The van der Waals surface area contributed by atoms with Crippen LogP contribution in [0, 0.1) is 0 Å². The average Bonchev–Trinajstić information content (AvgIpc) is 1.98. The number of nitrogens with one attached hydrogen (secondary N) is 3. The smallest absolute Gasteiger partial charge is 0.333 e. The molecule has 0 aromatic carbocycles. The average molecular weight is 189 g/mol. The molecule has 3 amide bonds. The summed E-state index contributed by atoms with van der Waals surface area (Å²) in [4.78, 5) is 21.6. The first-order valence-electron chi connectivity index (χ1n) is 3.98. The molecule has 0 aliphatic rings. The first kappa shape index (κ1) is 11.7. The van der Waals surface area contributed by atoms with Gasteiger partial charge in [-0.3, -0.25) is 10.2 Å². The van der Waals surface area contributed by atoms with E-state index in [0.29, 0.717) is 0 Å². The van der Waals surface area contributed by atoms with Crippen molar-refractivity contribution in [2.24, 2.45) is 0 Å². The number of carbonyl (C=O) groups is 2. The van der Waals surface area contributed by atoms with Gasteiger partial charge in [0.1, 0.15) is 6.10 Å². The highest BCUT2D eigenvalue weighted by Gasteiger charge is 2.09. The van der Waals surface area contributed by atoms with Gasteiger partial charge in [-0.2, -0.15) is 0 Å². The summed E-state index contributed by atoms with van der Waals surface area (Å²) in [6, 6.07) is -0.521. The number of rotatable bonds is 2. The lowest BCUT2D eigenvalue weighted by atomic mass is 10.4. The molecular weight excluding hydrogens is 174 g/mol. The second kappa shape index (κ2) is 5.36. The minimum atomic E-state index is -1.14. The lowest BCUT2D eigenvalue weighted by Crippen LogP contribution is -2.50. The van der Waals surface area contributed by atoms with Gasteiger partial charge in [-0.1, -0.05) is 0 Å². The fourth-order valence-electron chi connectivity index (χ4n) is 0.521. The van der Waals surface area contributed by atoms with Gasteiger partial charge in [0.15, 0.2) is 0 Å². The van der Waals surface area contributed by atoms with Crippen LogP contribution >= 0.6 is 0 Å². The van der Waals surface area contributed by atoms with E-state index in [1.165, 1.54) is 6.92 Å². The molecule has 0 saturated carbocycles. The molecular formula is C7H15N3O3. The van der Waals surface area contributed by atoms with Crippen molar-refractivity contribution < 1.29 is 14.7 Å². The third-order valence-corrected chi connectivity index (χ3v) is 1.10. The maximum absolute atomic E-state index is 10.9. The van der Waals surface area contributed by atoms with E-state index in [9.17, 15) is 9.59 Å². The number of carbonyl (C=O) groups excluding carboxylic acids is 2. The molecule has 0 aliphatic heterocycles. The van der Waals surface area contributed by atoms with Crippen molar-refractivity contribution in [2.45, 2.75) is 32.9 Å². The summed E-state index contributed by atoms with van der Waals surface area (Å²) in [6.45, 7) is 4.88. The van der Waals surface area contributed by atoms with Gasteiger partial charge in [0.25, 0.3) is 5.91 Å². The van der Waals surface area contributed by atoms with E-state index in [1.54, 1.807) is 13.8 Å². The van der Waals surface area contributed by atoms with Crippen LogP contribution < -0.4 is 16.2 Å². The van der Waals surface area contributed by atoms with Crippen LogP contribution in [0.1, 0.15) is 20.8 Å². The molecule has 0 spiro atoms. The number of urea groups is 1. The molecule has 13 heavy (non-hydrogen) atoms. The Morgan fingerprint density at radius 1 is 1.15 bits per heavy atom. The van der Waals surface area contributed by atoms with E-state index in [2.05, 4.69) is 10.7 Å². The lowest BCUT2D eigenvalue weighted by molar-refractivity contribution is -0.129. The number of aliphatic hydroxyl groups is 1. The third-order valence-electron chi connectivity index (χ3n) is 1.10. The highest BCUT2D eigenvalue weighted by atomic mass is 16.3. The van der Waals surface area contributed by atoms with Crippen molar-refractivity contribution in [3.63, 3.8) is 0 Å². The highest BCUT2D eigenvalue weighted by molar-refractivity contribution is 5.83. The molecule has 6 nitrogen and oxygen atoms in total. The molecule has 0 aliphatic carbocycles. The second-order valence-electron chi connectivity index (χ2n) is 2.92. The van der Waals surface area contributed by atoms with Crippen molar-refractivity contribution in [2.75, 3.05) is 0 Å². The summed E-state index contributed by atoms with van der Waals surface area (Å²) in [5.41, 5.74) is 4.12. The van der Waals surface area contributed by atoms with E-state index in [0.717, 1.165) is 0 Å². The molecule has 6 heteroatoms. The van der Waals surface area contributed by atoms with Crippen molar-refractivity contribution in [3.8, 4) is 0 Å². The Hall–Kier alpha value is -1.30. The molecule has 0 aromatic rings. The minimum Gasteiger partial charge on any atom is -0.383 e. The predicted molar refractivity (Wildman–Crippen MR) is 46.6 cm³/mol. The fraction of sp³-hybridized carbons (Fsp3) is 0.714. The third kappa shape index (κ3) is 5.92. The van der Waals surface area contributed by atoms with Crippen LogP contribution in [0.2, 0.25) is 0 Å². The van der Waals surface area contributed by atoms with E-state index in [-0.39, 0.29) is 6.04 Å². The molecule has 0 aromatic heterocycles. The van der Waals surface area contributed by atoms with E-state index >= 15 is 0 Å². The van der Waals surface area contributed by atoms with Crippen LogP contribution in [-0.2, 0) is 4.79 Å². The Labute approximate surface area is 76.7 Å². The quantitative estimate of drug-likeness (QED) is 0.424. The zero-order valence-electron chi connectivity index (χ0n) is 7.92. The van der Waals surface area contributed by atoms with Crippen LogP contribution in [0.4, 0.5) is 4.79 Å². The molecule has 0 fully saturated rings. The van der Waals surface area contributed by atoms with Crippen LogP contribution in [0.25, 0.3) is 0 Å². The molecule has 76 valence electrons. The number of hydrogen-bond donors (Lipinski definition) is 4. The number of hydrazine groups is 1. The largest absolute Gasteiger partial charge is 0.383 e. The van der Waals surface area contributed by atoms with Gasteiger partial charge in [-0.25, -0.2) is 10.2 Å². The van der Waals surface area contributed by atoms with Gasteiger partial charge in [-0.05, 0) is 20.8 Å². The molecule has 0 heterocycles. The summed E-state index contributed by atoms with van der Waals surface area (Å²) in [5.74, 6) is -0.654. The second-order valence-corrected chi connectivity index (χ2v) is 2.92. The van der Waals surface area contributed by atoms with E-state index in [1.807, 2.05) is 5.43 Å². The SMILES string of the molecule is CC(C)NC(=O)NNC(=O)[C@@H](C)O. The number of amides is 3. The summed E-state index contributed by atoms with van der Waals surface area (Å²) in [5, 5.41) is 11.2. The Balaban J connectivity index is 3.64. The zero-order chi connectivity index (χ0) is 10.4. The van der Waals surface area contributed by atoms with Crippen molar-refractivity contribution in [3.05, 3.63) is 0 Å². The molecule has 4 N–H and O–H groups in total. The first-order chi connectivity index (χ1) is 5.93. The minimum absolute atomic E-state index is 0.0107. The molecule has 0 saturated heterocycles. The molecule has 0 rings (SSSR count). The Morgan fingerprint density at radius 3 is 2.08 bits per heavy atom. The summed E-state index contributed by atoms with van der Waals surface area (Å²) in [6.07, 6.45) is -1.14. The number of aliphatic hydroxyl groups excluding tert-OH is 1. The molecule has 0 bridgehead atoms. The maximum Gasteiger partial charge on any atom is 0.333 e. The van der Waals surface area contributed by atoms with E-state index in [4.69, 9.17) is 5.11 Å². The van der Waals surface area contributed by atoms with Crippen LogP contribution in [-0.4, -0.2) is 29.2 Å². The monoisotopic (exact) mass is 189 g/mol. The van der Waals surface area contributed by atoms with Crippen LogP contribution in [0.5, 0.6) is 0 Å². The van der Waals surface area contributed by atoms with Gasteiger partial charge >= 0.3 is 6.03 Å². The van der Waals surface area contributed by atoms with Crippen molar-refractivity contribution in [1.82, 2.24) is 16.2 Å². The standard InChI is InChI=1S/C7H15N3O3/c1-4(2)8-7(13)10-9-6(12)5(3)11/h4-5,11H,1-3H3,(H,9,12)(H2,8,10,13)/t5-/m1/s1. The zero-order valence-corrected chi connectivity index (χ0v) is 7.92. The van der Waals surface area contributed by atoms with E-state index < -0.39 is 18.0 Å². The topological polar surface area (TPSA) is 90.5 Å². The summed E-state index contributed by atoms with van der Waals surface area (Å²) >= 11 is 0. The fourth-order valence-corrected chi connectivity index (χ4v) is 0.521. The Bertz CT molecular complexity index is 191. The first-order valence-corrected chi connectivity index (χ1v) is 3.98. The van der Waals surface area contributed by atoms with Crippen LogP contribution in [0.3, 0.4) is 0 Å². The Kier molecular flexibility index (Phi) is 4.83. The lowest BCUT2D eigenvalue weighted by Gasteiger charge is -2.11. The van der Waals surface area contributed by atoms with Crippen molar-refractivity contribution >= 4 is 11.9 Å². The molecule has 1 atom stereocenters. The van der Waals surface area contributed by atoms with Crippen molar-refractivity contribution in [1.29, 1.82) is 0 Å². The summed E-state index contributed by atoms with van der Waals surface area (Å²) in [7, 11) is 0. The normalized spacial score (nSPS) is 12.1. The summed E-state index contributed by atoms with van der Waals surface area (Å²) < 4.78 is 0. The van der Waals surface area contributed by atoms with Gasteiger partial charge in [-0.15, -0.1) is 0 Å². The maximum atomic E-state index is 10.9. The van der Waals surface area contributed by atoms with Gasteiger partial charge in [0.05, 0.1) is 0 Å². The molecule has 0 unspecified atom stereocenters. The highest BCUT2D eigenvalue weighted by Crippen LogP contribution is 1.77. The predicted octanol–water partition coefficient (Wildman–Crippen LogP) is -0.894.